The normalized spacial score (nSPS) is 18.6. The number of rotatable bonds is 7. The molecule has 1 fully saturated rings. The van der Waals surface area contributed by atoms with Gasteiger partial charge in [-0.05, 0) is 32.0 Å². The number of hydrogen-bond acceptors (Lipinski definition) is 6. The van der Waals surface area contributed by atoms with E-state index >= 15 is 0 Å². The summed E-state index contributed by atoms with van der Waals surface area (Å²) >= 11 is 0. The van der Waals surface area contributed by atoms with E-state index in [4.69, 9.17) is 9.47 Å². The summed E-state index contributed by atoms with van der Waals surface area (Å²) in [6.07, 6.45) is 4.60. The molecule has 4 rings (SSSR count). The predicted octanol–water partition coefficient (Wildman–Crippen LogP) is 0.220. The zero-order valence-electron chi connectivity index (χ0n) is 17.7. The summed E-state index contributed by atoms with van der Waals surface area (Å²) in [5.74, 6) is 2.54. The number of nitrogens with zero attached hydrogens (tertiary/aromatic N) is 3. The van der Waals surface area contributed by atoms with Crippen molar-refractivity contribution in [2.24, 2.45) is 0 Å². The van der Waals surface area contributed by atoms with E-state index in [0.717, 1.165) is 55.6 Å². The second kappa shape index (κ2) is 9.30. The summed E-state index contributed by atoms with van der Waals surface area (Å²) in [5.41, 5.74) is 2.13. The molecule has 1 saturated heterocycles. The van der Waals surface area contributed by atoms with E-state index in [1.165, 1.54) is 10.5 Å². The van der Waals surface area contributed by atoms with Gasteiger partial charge < -0.3 is 24.6 Å². The number of carbonyl (C=O) groups excluding carboxylic acids is 1. The van der Waals surface area contributed by atoms with Crippen LogP contribution in [0.4, 0.5) is 5.95 Å². The van der Waals surface area contributed by atoms with Crippen molar-refractivity contribution in [1.82, 2.24) is 15.3 Å². The average Bonchev–Trinajstić information content (AvgIpc) is 3.12. The Labute approximate surface area is 177 Å². The van der Waals surface area contributed by atoms with E-state index in [1.807, 2.05) is 19.1 Å². The van der Waals surface area contributed by atoms with Gasteiger partial charge in [-0.25, -0.2) is 9.97 Å². The molecule has 30 heavy (non-hydrogen) atoms. The van der Waals surface area contributed by atoms with Crippen molar-refractivity contribution >= 4 is 11.9 Å². The first-order valence-electron chi connectivity index (χ1n) is 10.7. The minimum Gasteiger partial charge on any atom is -0.494 e. The molecule has 160 valence electrons. The van der Waals surface area contributed by atoms with Gasteiger partial charge in [-0.15, -0.1) is 0 Å². The largest absolute Gasteiger partial charge is 0.494 e. The summed E-state index contributed by atoms with van der Waals surface area (Å²) in [6, 6.07) is 5.88. The van der Waals surface area contributed by atoms with E-state index in [0.29, 0.717) is 19.7 Å². The van der Waals surface area contributed by atoms with Crippen LogP contribution < -0.4 is 24.6 Å². The molecule has 2 N–H and O–H groups in total. The van der Waals surface area contributed by atoms with Crippen molar-refractivity contribution in [3.05, 3.63) is 41.7 Å². The van der Waals surface area contributed by atoms with E-state index in [1.54, 1.807) is 12.4 Å². The van der Waals surface area contributed by atoms with Crippen molar-refractivity contribution in [2.75, 3.05) is 44.2 Å². The smallest absolute Gasteiger partial charge is 0.275 e. The highest BCUT2D eigenvalue weighted by molar-refractivity contribution is 5.77. The van der Waals surface area contributed by atoms with Crippen LogP contribution in [0.5, 0.6) is 11.5 Å². The van der Waals surface area contributed by atoms with Crippen LogP contribution >= 0.6 is 0 Å². The summed E-state index contributed by atoms with van der Waals surface area (Å²) in [5, 5.41) is 3.06. The van der Waals surface area contributed by atoms with Gasteiger partial charge >= 0.3 is 0 Å². The summed E-state index contributed by atoms with van der Waals surface area (Å²) < 4.78 is 11.7. The standard InChI is InChI=1S/C22H29N5O3/c1-3-29-19-12-17-11-16(2)30-20(17)13-18(19)14-25-21(28)15-26-7-9-27(10-8-26)22-23-5-4-6-24-22/h4-6,12-13,16H,3,7-11,14-15H2,1-2H3,(H,25,28)/p+1/t16-/m1/s1. The zero-order chi connectivity index (χ0) is 20.9. The number of amides is 1. The van der Waals surface area contributed by atoms with Crippen molar-refractivity contribution in [2.45, 2.75) is 32.9 Å². The molecule has 8 heteroatoms. The molecule has 3 heterocycles. The Morgan fingerprint density at radius 2 is 2.07 bits per heavy atom. The number of nitrogens with one attached hydrogen (secondary N) is 2. The van der Waals surface area contributed by atoms with Gasteiger partial charge in [0.25, 0.3) is 5.91 Å². The Morgan fingerprint density at radius 1 is 1.30 bits per heavy atom. The minimum absolute atomic E-state index is 0.0478. The Hall–Kier alpha value is -2.87. The summed E-state index contributed by atoms with van der Waals surface area (Å²) in [7, 11) is 0. The molecule has 1 atom stereocenters. The topological polar surface area (TPSA) is 81.0 Å². The molecule has 1 amide bonds. The SMILES string of the molecule is CCOc1cc2c(cc1CNC(=O)C[NH+]1CCN(c3ncccn3)CC1)O[C@H](C)C2. The van der Waals surface area contributed by atoms with Crippen LogP contribution in [-0.2, 0) is 17.8 Å². The molecule has 1 aromatic heterocycles. The lowest BCUT2D eigenvalue weighted by Crippen LogP contribution is -3.16. The molecular weight excluding hydrogens is 382 g/mol. The number of quaternary nitrogens is 1. The van der Waals surface area contributed by atoms with Gasteiger partial charge in [0.2, 0.25) is 5.95 Å². The van der Waals surface area contributed by atoms with E-state index in [9.17, 15) is 4.79 Å². The van der Waals surface area contributed by atoms with Crippen LogP contribution in [0.25, 0.3) is 0 Å². The maximum absolute atomic E-state index is 12.5. The highest BCUT2D eigenvalue weighted by atomic mass is 16.5. The van der Waals surface area contributed by atoms with Gasteiger partial charge in [-0.1, -0.05) is 0 Å². The fourth-order valence-electron chi connectivity index (χ4n) is 4.05. The highest BCUT2D eigenvalue weighted by Gasteiger charge is 2.25. The molecule has 2 aliphatic heterocycles. The van der Waals surface area contributed by atoms with E-state index in [2.05, 4.69) is 33.2 Å². The monoisotopic (exact) mass is 412 g/mol. The van der Waals surface area contributed by atoms with Crippen molar-refractivity contribution in [3.8, 4) is 11.5 Å². The van der Waals surface area contributed by atoms with Gasteiger partial charge in [0.15, 0.2) is 6.54 Å². The third-order valence-electron chi connectivity index (χ3n) is 5.57. The number of piperazine rings is 1. The van der Waals surface area contributed by atoms with Crippen LogP contribution in [0.2, 0.25) is 0 Å². The number of aromatic nitrogens is 2. The third-order valence-corrected chi connectivity index (χ3v) is 5.57. The molecular formula is C22H30N5O3+. The Balaban J connectivity index is 1.29. The second-order valence-electron chi connectivity index (χ2n) is 7.87. The number of hydrogen-bond donors (Lipinski definition) is 2. The highest BCUT2D eigenvalue weighted by Crippen LogP contribution is 2.35. The molecule has 1 aromatic carbocycles. The van der Waals surface area contributed by atoms with Gasteiger partial charge in [-0.3, -0.25) is 4.79 Å². The van der Waals surface area contributed by atoms with E-state index in [-0.39, 0.29) is 12.0 Å². The fourth-order valence-corrected chi connectivity index (χ4v) is 4.05. The number of ether oxygens (including phenoxy) is 2. The molecule has 2 aliphatic rings. The predicted molar refractivity (Wildman–Crippen MR) is 113 cm³/mol. The fraction of sp³-hybridized carbons (Fsp3) is 0.500. The van der Waals surface area contributed by atoms with Crippen LogP contribution in [0.1, 0.15) is 25.0 Å². The lowest BCUT2D eigenvalue weighted by molar-refractivity contribution is -0.892. The second-order valence-corrected chi connectivity index (χ2v) is 7.87. The lowest BCUT2D eigenvalue weighted by Gasteiger charge is -2.31. The summed E-state index contributed by atoms with van der Waals surface area (Å²) in [6.45, 7) is 9.01. The number of anilines is 1. The first-order chi connectivity index (χ1) is 14.6. The molecule has 0 saturated carbocycles. The maximum atomic E-state index is 12.5. The molecule has 0 aliphatic carbocycles. The Kier molecular flexibility index (Phi) is 6.32. The Bertz CT molecular complexity index is 869. The minimum atomic E-state index is 0.0478. The van der Waals surface area contributed by atoms with Crippen molar-refractivity contribution in [1.29, 1.82) is 0 Å². The first-order valence-corrected chi connectivity index (χ1v) is 10.7. The van der Waals surface area contributed by atoms with Crippen LogP contribution in [-0.4, -0.2) is 61.3 Å². The van der Waals surface area contributed by atoms with Crippen LogP contribution in [0.15, 0.2) is 30.6 Å². The molecule has 8 nitrogen and oxygen atoms in total. The molecule has 0 bridgehead atoms. The quantitative estimate of drug-likeness (QED) is 0.677. The third kappa shape index (κ3) is 4.81. The number of fused-ring (bicyclic) bond motifs is 1. The molecule has 2 aromatic rings. The first kappa shape index (κ1) is 20.4. The molecule has 0 unspecified atom stereocenters. The zero-order valence-corrected chi connectivity index (χ0v) is 17.7. The van der Waals surface area contributed by atoms with Crippen LogP contribution in [0, 0.1) is 0 Å². The Morgan fingerprint density at radius 3 is 2.80 bits per heavy atom. The maximum Gasteiger partial charge on any atom is 0.275 e. The average molecular weight is 413 g/mol. The number of benzene rings is 1. The lowest BCUT2D eigenvalue weighted by atomic mass is 10.1. The van der Waals surface area contributed by atoms with Gasteiger partial charge in [0.05, 0.1) is 32.8 Å². The van der Waals surface area contributed by atoms with Gasteiger partial charge in [-0.2, -0.15) is 0 Å². The van der Waals surface area contributed by atoms with Crippen molar-refractivity contribution in [3.63, 3.8) is 0 Å². The van der Waals surface area contributed by atoms with Gasteiger partial charge in [0.1, 0.15) is 17.6 Å². The van der Waals surface area contributed by atoms with Crippen LogP contribution in [0.3, 0.4) is 0 Å². The summed E-state index contributed by atoms with van der Waals surface area (Å²) in [4.78, 5) is 24.6. The molecule has 0 spiro atoms. The molecule has 0 radical (unpaired) electrons. The number of carbonyl (C=O) groups is 1. The van der Waals surface area contributed by atoms with Gasteiger partial charge in [0, 0.05) is 36.5 Å². The van der Waals surface area contributed by atoms with Crippen molar-refractivity contribution < 1.29 is 19.2 Å². The van der Waals surface area contributed by atoms with E-state index < -0.39 is 0 Å².